The van der Waals surface area contributed by atoms with Crippen molar-refractivity contribution in [2.24, 2.45) is 5.92 Å². The van der Waals surface area contributed by atoms with Crippen LogP contribution in [0.1, 0.15) is 54.7 Å². The number of nitrogens with zero attached hydrogens (tertiary/aromatic N) is 4. The molecule has 6 nitrogen and oxygen atoms in total. The first-order chi connectivity index (χ1) is 11.1. The Morgan fingerprint density at radius 1 is 1.48 bits per heavy atom. The van der Waals surface area contributed by atoms with Crippen molar-refractivity contribution >= 4 is 5.91 Å². The number of imidazole rings is 1. The minimum absolute atomic E-state index is 0.0515. The summed E-state index contributed by atoms with van der Waals surface area (Å²) in [7, 11) is 0. The molecule has 3 heterocycles. The van der Waals surface area contributed by atoms with E-state index in [1.807, 2.05) is 11.1 Å². The van der Waals surface area contributed by atoms with Crippen molar-refractivity contribution in [3.05, 3.63) is 35.7 Å². The van der Waals surface area contributed by atoms with Crippen molar-refractivity contribution < 1.29 is 4.79 Å². The first kappa shape index (κ1) is 15.8. The van der Waals surface area contributed by atoms with E-state index < -0.39 is 0 Å². The molecule has 6 heteroatoms. The van der Waals surface area contributed by atoms with E-state index in [0.29, 0.717) is 17.7 Å². The van der Waals surface area contributed by atoms with Gasteiger partial charge in [0.2, 0.25) is 0 Å². The first-order valence-corrected chi connectivity index (χ1v) is 8.37. The molecule has 1 aliphatic heterocycles. The van der Waals surface area contributed by atoms with Crippen LogP contribution in [0.3, 0.4) is 0 Å². The number of amides is 1. The van der Waals surface area contributed by atoms with Crippen LogP contribution >= 0.6 is 0 Å². The molecular formula is C17H25N5O. The summed E-state index contributed by atoms with van der Waals surface area (Å²) in [5.41, 5.74) is 1.78. The van der Waals surface area contributed by atoms with Crippen molar-refractivity contribution in [1.82, 2.24) is 24.6 Å². The normalized spacial score (nSPS) is 18.6. The fourth-order valence-corrected chi connectivity index (χ4v) is 3.57. The summed E-state index contributed by atoms with van der Waals surface area (Å²) in [5, 5.41) is 6.64. The Labute approximate surface area is 136 Å². The number of aryl methyl sites for hydroxylation is 1. The van der Waals surface area contributed by atoms with Gasteiger partial charge < -0.3 is 9.47 Å². The Bertz CT molecular complexity index is 659. The average molecular weight is 315 g/mol. The van der Waals surface area contributed by atoms with Crippen LogP contribution in [0, 0.1) is 12.8 Å². The Hall–Kier alpha value is -2.11. The number of aromatic nitrogens is 4. The second kappa shape index (κ2) is 6.56. The average Bonchev–Trinajstić information content (AvgIpc) is 3.17. The maximum atomic E-state index is 12.5. The van der Waals surface area contributed by atoms with Gasteiger partial charge in [-0.15, -0.1) is 0 Å². The van der Waals surface area contributed by atoms with Crippen LogP contribution < -0.4 is 0 Å². The lowest BCUT2D eigenvalue weighted by molar-refractivity contribution is 0.0665. The van der Waals surface area contributed by atoms with E-state index in [1.54, 1.807) is 12.3 Å². The Morgan fingerprint density at radius 2 is 2.30 bits per heavy atom. The molecule has 1 saturated heterocycles. The summed E-state index contributed by atoms with van der Waals surface area (Å²) in [6, 6.07) is 2.15. The third kappa shape index (κ3) is 3.30. The highest BCUT2D eigenvalue weighted by atomic mass is 16.2. The smallest absolute Gasteiger partial charge is 0.271 e. The largest absolute Gasteiger partial charge is 0.337 e. The Balaban J connectivity index is 1.69. The van der Waals surface area contributed by atoms with Gasteiger partial charge in [-0.05, 0) is 45.6 Å². The van der Waals surface area contributed by atoms with Crippen LogP contribution in [-0.2, 0) is 6.42 Å². The molecule has 2 aromatic rings. The van der Waals surface area contributed by atoms with Crippen molar-refractivity contribution in [3.63, 3.8) is 0 Å². The lowest BCUT2D eigenvalue weighted by atomic mass is 9.94. The molecule has 0 aromatic carbocycles. The standard InChI is InChI=1S/C17H25N5O/c1-12(2)22-13(3)10-18-16(22)9-14-5-4-8-21(11-14)17(23)15-6-7-19-20-15/h6-7,10,12,14H,4-5,8-9,11H2,1-3H3,(H,19,20). The number of rotatable bonds is 4. The van der Waals surface area contributed by atoms with E-state index >= 15 is 0 Å². The van der Waals surface area contributed by atoms with Crippen LogP contribution in [0.5, 0.6) is 0 Å². The predicted octanol–water partition coefficient (Wildman–Crippen LogP) is 2.59. The summed E-state index contributed by atoms with van der Waals surface area (Å²) in [4.78, 5) is 19.0. The molecular weight excluding hydrogens is 290 g/mol. The van der Waals surface area contributed by atoms with Gasteiger partial charge in [-0.3, -0.25) is 9.89 Å². The molecule has 0 spiro atoms. The number of hydrogen-bond acceptors (Lipinski definition) is 3. The van der Waals surface area contributed by atoms with Crippen molar-refractivity contribution in [3.8, 4) is 0 Å². The summed E-state index contributed by atoms with van der Waals surface area (Å²) in [6.45, 7) is 8.10. The van der Waals surface area contributed by atoms with E-state index in [4.69, 9.17) is 0 Å². The lowest BCUT2D eigenvalue weighted by Crippen LogP contribution is -2.41. The van der Waals surface area contributed by atoms with Crippen LogP contribution in [0.15, 0.2) is 18.5 Å². The SMILES string of the molecule is Cc1cnc(CC2CCCN(C(=O)c3ccn[nH]3)C2)n1C(C)C. The van der Waals surface area contributed by atoms with Crippen LogP contribution in [0.4, 0.5) is 0 Å². The zero-order chi connectivity index (χ0) is 16.4. The maximum Gasteiger partial charge on any atom is 0.271 e. The van der Waals surface area contributed by atoms with Gasteiger partial charge >= 0.3 is 0 Å². The molecule has 1 atom stereocenters. The molecule has 3 rings (SSSR count). The quantitative estimate of drug-likeness (QED) is 0.943. The van der Waals surface area contributed by atoms with Gasteiger partial charge in [0.15, 0.2) is 0 Å². The van der Waals surface area contributed by atoms with Gasteiger partial charge in [0.25, 0.3) is 5.91 Å². The molecule has 0 radical (unpaired) electrons. The second-order valence-electron chi connectivity index (χ2n) is 6.71. The molecule has 0 saturated carbocycles. The highest BCUT2D eigenvalue weighted by molar-refractivity contribution is 5.92. The van der Waals surface area contributed by atoms with Crippen LogP contribution in [0.2, 0.25) is 0 Å². The van der Waals surface area contributed by atoms with E-state index in [1.165, 1.54) is 5.69 Å². The molecule has 1 fully saturated rings. The van der Waals surface area contributed by atoms with Gasteiger partial charge in [-0.25, -0.2) is 4.98 Å². The minimum Gasteiger partial charge on any atom is -0.337 e. The molecule has 1 amide bonds. The number of aromatic amines is 1. The molecule has 1 aliphatic rings. The molecule has 0 bridgehead atoms. The van der Waals surface area contributed by atoms with Crippen LogP contribution in [-0.4, -0.2) is 43.6 Å². The molecule has 1 N–H and O–H groups in total. The Kier molecular flexibility index (Phi) is 4.50. The molecule has 2 aromatic heterocycles. The number of carbonyl (C=O) groups excluding carboxylic acids is 1. The van der Waals surface area contributed by atoms with Gasteiger partial charge in [-0.1, -0.05) is 0 Å². The van der Waals surface area contributed by atoms with Gasteiger partial charge in [-0.2, -0.15) is 5.10 Å². The van der Waals surface area contributed by atoms with Gasteiger partial charge in [0, 0.05) is 43.6 Å². The predicted molar refractivity (Wildman–Crippen MR) is 88.3 cm³/mol. The monoisotopic (exact) mass is 315 g/mol. The molecule has 23 heavy (non-hydrogen) atoms. The highest BCUT2D eigenvalue weighted by Gasteiger charge is 2.26. The van der Waals surface area contributed by atoms with Crippen molar-refractivity contribution in [1.29, 1.82) is 0 Å². The summed E-state index contributed by atoms with van der Waals surface area (Å²) in [5.74, 6) is 1.66. The number of likely N-dealkylation sites (tertiary alicyclic amines) is 1. The van der Waals surface area contributed by atoms with E-state index in [9.17, 15) is 4.79 Å². The van der Waals surface area contributed by atoms with E-state index in [-0.39, 0.29) is 5.91 Å². The maximum absolute atomic E-state index is 12.5. The zero-order valence-corrected chi connectivity index (χ0v) is 14.1. The summed E-state index contributed by atoms with van der Waals surface area (Å²) >= 11 is 0. The van der Waals surface area contributed by atoms with Gasteiger partial charge in [0.1, 0.15) is 11.5 Å². The molecule has 124 valence electrons. The summed E-state index contributed by atoms with van der Waals surface area (Å²) < 4.78 is 2.30. The minimum atomic E-state index is 0.0515. The molecule has 0 aliphatic carbocycles. The third-order valence-corrected chi connectivity index (χ3v) is 4.58. The zero-order valence-electron chi connectivity index (χ0n) is 14.1. The topological polar surface area (TPSA) is 66.8 Å². The lowest BCUT2D eigenvalue weighted by Gasteiger charge is -2.32. The number of hydrogen-bond donors (Lipinski definition) is 1. The number of nitrogens with one attached hydrogen (secondary N) is 1. The fraction of sp³-hybridized carbons (Fsp3) is 0.588. The first-order valence-electron chi connectivity index (χ1n) is 8.37. The van der Waals surface area contributed by atoms with Crippen molar-refractivity contribution in [2.45, 2.75) is 46.1 Å². The van der Waals surface area contributed by atoms with Crippen LogP contribution in [0.25, 0.3) is 0 Å². The number of piperidine rings is 1. The third-order valence-electron chi connectivity index (χ3n) is 4.58. The van der Waals surface area contributed by atoms with E-state index in [0.717, 1.165) is 38.2 Å². The van der Waals surface area contributed by atoms with Gasteiger partial charge in [0.05, 0.1) is 0 Å². The highest BCUT2D eigenvalue weighted by Crippen LogP contribution is 2.23. The van der Waals surface area contributed by atoms with E-state index in [2.05, 4.69) is 40.5 Å². The van der Waals surface area contributed by atoms with Crippen molar-refractivity contribution in [2.75, 3.05) is 13.1 Å². The Morgan fingerprint density at radius 3 is 3.00 bits per heavy atom. The fourth-order valence-electron chi connectivity index (χ4n) is 3.57. The summed E-state index contributed by atoms with van der Waals surface area (Å²) in [6.07, 6.45) is 6.70. The second-order valence-corrected chi connectivity index (χ2v) is 6.71. The number of H-pyrrole nitrogens is 1. The number of carbonyl (C=O) groups is 1. The molecule has 1 unspecified atom stereocenters.